The van der Waals surface area contributed by atoms with Gasteiger partial charge in [0.15, 0.2) is 0 Å². The van der Waals surface area contributed by atoms with E-state index in [4.69, 9.17) is 11.3 Å². The van der Waals surface area contributed by atoms with E-state index >= 15 is 0 Å². The fourth-order valence-electron chi connectivity index (χ4n) is 3.14. The predicted octanol–water partition coefficient (Wildman–Crippen LogP) is 3.17. The Kier molecular flexibility index (Phi) is 5.03. The summed E-state index contributed by atoms with van der Waals surface area (Å²) in [6.45, 7) is 11.6. The molecule has 0 N–H and O–H groups in total. The minimum absolute atomic E-state index is 0.273. The van der Waals surface area contributed by atoms with Gasteiger partial charge in [-0.2, -0.15) is 4.80 Å². The van der Waals surface area contributed by atoms with Crippen LogP contribution >= 0.6 is 0 Å². The molecule has 0 aliphatic rings. The van der Waals surface area contributed by atoms with Gasteiger partial charge in [-0.25, -0.2) is 9.64 Å². The summed E-state index contributed by atoms with van der Waals surface area (Å²) in [5.74, 6) is 0.0849. The van der Waals surface area contributed by atoms with Crippen molar-refractivity contribution >= 4 is 11.7 Å². The molecule has 2 heterocycles. The zero-order valence-corrected chi connectivity index (χ0v) is 15.7. The number of esters is 1. The Balaban J connectivity index is 2.15. The van der Waals surface area contributed by atoms with Crippen molar-refractivity contribution in [2.24, 2.45) is 14.1 Å². The first-order valence-electron chi connectivity index (χ1n) is 8.62. The first-order chi connectivity index (χ1) is 13.0. The Bertz CT molecular complexity index is 1020. The maximum absolute atomic E-state index is 12.6. The first kappa shape index (κ1) is 18.3. The molecule has 138 valence electrons. The Morgan fingerprint density at radius 1 is 1.19 bits per heavy atom. The van der Waals surface area contributed by atoms with E-state index in [1.54, 1.807) is 25.6 Å². The summed E-state index contributed by atoms with van der Waals surface area (Å²) in [6.07, 6.45) is 0.641. The van der Waals surface area contributed by atoms with Crippen LogP contribution < -0.4 is 0 Å². The molecule has 8 nitrogen and oxygen atoms in total. The number of rotatable bonds is 5. The van der Waals surface area contributed by atoms with Crippen molar-refractivity contribution < 1.29 is 9.53 Å². The SMILES string of the molecule is [C-]#[N+]c1c(-c2ccc(-c3nnn(C)n3)cc2)c(C(=O)OCC)n(C)c1CC. The Morgan fingerprint density at radius 2 is 1.85 bits per heavy atom. The van der Waals surface area contributed by atoms with Gasteiger partial charge in [-0.1, -0.05) is 31.2 Å². The minimum Gasteiger partial charge on any atom is -0.461 e. The molecule has 0 amide bonds. The molecule has 0 atom stereocenters. The standard InChI is InChI=1S/C19H20N6O2/c1-6-14-16(20-3)15(17(24(14)4)19(26)27-7-2)12-8-10-13(11-9-12)18-21-23-25(5)22-18/h8-11H,6-7H2,1-2,4-5H3. The molecule has 2 aromatic heterocycles. The molecular weight excluding hydrogens is 344 g/mol. The second-order valence-corrected chi connectivity index (χ2v) is 5.94. The number of ether oxygens (including phenoxy) is 1. The smallest absolute Gasteiger partial charge is 0.354 e. The van der Waals surface area contributed by atoms with Gasteiger partial charge in [0, 0.05) is 23.9 Å². The van der Waals surface area contributed by atoms with Crippen molar-refractivity contribution in [2.45, 2.75) is 20.3 Å². The van der Waals surface area contributed by atoms with Gasteiger partial charge in [0.05, 0.1) is 20.2 Å². The molecule has 0 bridgehead atoms. The highest BCUT2D eigenvalue weighted by molar-refractivity contribution is 6.01. The van der Waals surface area contributed by atoms with Crippen LogP contribution in [0.15, 0.2) is 24.3 Å². The minimum atomic E-state index is -0.431. The molecule has 0 fully saturated rings. The highest BCUT2D eigenvalue weighted by Gasteiger charge is 2.26. The lowest BCUT2D eigenvalue weighted by atomic mass is 10.0. The van der Waals surface area contributed by atoms with E-state index in [0.29, 0.717) is 29.2 Å². The van der Waals surface area contributed by atoms with Gasteiger partial charge < -0.3 is 9.30 Å². The molecular formula is C19H20N6O2. The van der Waals surface area contributed by atoms with Crippen molar-refractivity contribution in [1.29, 1.82) is 0 Å². The van der Waals surface area contributed by atoms with Gasteiger partial charge in [0.2, 0.25) is 11.5 Å². The summed E-state index contributed by atoms with van der Waals surface area (Å²) >= 11 is 0. The monoisotopic (exact) mass is 364 g/mol. The Hall–Kier alpha value is -3.47. The number of aromatic nitrogens is 5. The third-order valence-corrected chi connectivity index (χ3v) is 4.34. The molecule has 3 rings (SSSR count). The quantitative estimate of drug-likeness (QED) is 0.513. The molecule has 0 saturated heterocycles. The number of hydrogen-bond donors (Lipinski definition) is 0. The lowest BCUT2D eigenvalue weighted by Gasteiger charge is -2.09. The topological polar surface area (TPSA) is 79.2 Å². The zero-order valence-electron chi connectivity index (χ0n) is 15.7. The number of hydrogen-bond acceptors (Lipinski definition) is 5. The van der Waals surface area contributed by atoms with Crippen molar-refractivity contribution in [3.05, 3.63) is 47.1 Å². The number of carbonyl (C=O) groups is 1. The van der Waals surface area contributed by atoms with Crippen molar-refractivity contribution in [2.75, 3.05) is 6.61 Å². The van der Waals surface area contributed by atoms with Crippen LogP contribution in [0.3, 0.4) is 0 Å². The van der Waals surface area contributed by atoms with Crippen molar-refractivity contribution in [3.63, 3.8) is 0 Å². The number of carbonyl (C=O) groups excluding carboxylic acids is 1. The lowest BCUT2D eigenvalue weighted by Crippen LogP contribution is -2.12. The average Bonchev–Trinajstić information content (AvgIpc) is 3.22. The average molecular weight is 364 g/mol. The van der Waals surface area contributed by atoms with Crippen LogP contribution in [0.5, 0.6) is 0 Å². The summed E-state index contributed by atoms with van der Waals surface area (Å²) in [4.78, 5) is 17.7. The predicted molar refractivity (Wildman–Crippen MR) is 100 cm³/mol. The molecule has 0 unspecified atom stereocenters. The summed E-state index contributed by atoms with van der Waals surface area (Å²) in [6, 6.07) is 7.43. The summed E-state index contributed by atoms with van der Waals surface area (Å²) in [5, 5.41) is 12.0. The lowest BCUT2D eigenvalue weighted by molar-refractivity contribution is 0.0516. The summed E-state index contributed by atoms with van der Waals surface area (Å²) in [5.41, 5.74) is 3.86. The second kappa shape index (κ2) is 7.41. The molecule has 0 spiro atoms. The van der Waals surface area contributed by atoms with E-state index in [2.05, 4.69) is 20.3 Å². The number of benzene rings is 1. The fourth-order valence-corrected chi connectivity index (χ4v) is 3.14. The van der Waals surface area contributed by atoms with E-state index in [1.807, 2.05) is 31.2 Å². The van der Waals surface area contributed by atoms with Gasteiger partial charge in [0.1, 0.15) is 5.69 Å². The van der Waals surface area contributed by atoms with Crippen LogP contribution in [0.2, 0.25) is 0 Å². The van der Waals surface area contributed by atoms with Gasteiger partial charge in [0.25, 0.3) is 0 Å². The van der Waals surface area contributed by atoms with E-state index < -0.39 is 5.97 Å². The third-order valence-electron chi connectivity index (χ3n) is 4.34. The fraction of sp³-hybridized carbons (Fsp3) is 0.316. The van der Waals surface area contributed by atoms with Crippen LogP contribution in [-0.4, -0.2) is 37.4 Å². The van der Waals surface area contributed by atoms with Crippen LogP contribution in [-0.2, 0) is 25.3 Å². The van der Waals surface area contributed by atoms with Crippen LogP contribution in [0, 0.1) is 6.57 Å². The summed E-state index contributed by atoms with van der Waals surface area (Å²) < 4.78 is 6.99. The molecule has 0 aliphatic carbocycles. The normalized spacial score (nSPS) is 10.6. The maximum atomic E-state index is 12.6. The highest BCUT2D eigenvalue weighted by atomic mass is 16.5. The molecule has 27 heavy (non-hydrogen) atoms. The van der Waals surface area contributed by atoms with Crippen LogP contribution in [0.4, 0.5) is 5.69 Å². The molecule has 8 heteroatoms. The van der Waals surface area contributed by atoms with Crippen molar-refractivity contribution in [1.82, 2.24) is 24.8 Å². The third kappa shape index (κ3) is 3.19. The number of tetrazole rings is 1. The Morgan fingerprint density at radius 3 is 2.37 bits per heavy atom. The summed E-state index contributed by atoms with van der Waals surface area (Å²) in [7, 11) is 3.50. The Labute approximate surface area is 157 Å². The van der Waals surface area contributed by atoms with Gasteiger partial charge in [-0.05, 0) is 24.1 Å². The number of nitrogens with zero attached hydrogens (tertiary/aromatic N) is 6. The molecule has 1 aromatic carbocycles. The largest absolute Gasteiger partial charge is 0.461 e. The van der Waals surface area contributed by atoms with Crippen LogP contribution in [0.1, 0.15) is 30.0 Å². The van der Waals surface area contributed by atoms with Crippen molar-refractivity contribution in [3.8, 4) is 22.5 Å². The zero-order chi connectivity index (χ0) is 19.6. The molecule has 3 aromatic rings. The van der Waals surface area contributed by atoms with Gasteiger partial charge >= 0.3 is 5.97 Å². The molecule has 0 aliphatic heterocycles. The van der Waals surface area contributed by atoms with E-state index in [9.17, 15) is 4.79 Å². The maximum Gasteiger partial charge on any atom is 0.354 e. The number of aryl methyl sites for hydroxylation is 1. The van der Waals surface area contributed by atoms with E-state index in [-0.39, 0.29) is 6.61 Å². The van der Waals surface area contributed by atoms with Gasteiger partial charge in [-0.3, -0.25) is 0 Å². The molecule has 0 radical (unpaired) electrons. The first-order valence-corrected chi connectivity index (χ1v) is 8.62. The van der Waals surface area contributed by atoms with Gasteiger partial charge in [-0.15, -0.1) is 10.2 Å². The molecule has 0 saturated carbocycles. The highest BCUT2D eigenvalue weighted by Crippen LogP contribution is 2.40. The second-order valence-electron chi connectivity index (χ2n) is 5.94. The van der Waals surface area contributed by atoms with E-state index in [1.165, 1.54) is 4.80 Å². The van der Waals surface area contributed by atoms with E-state index in [0.717, 1.165) is 16.8 Å². The van der Waals surface area contributed by atoms with Crippen LogP contribution in [0.25, 0.3) is 27.4 Å².